The van der Waals surface area contributed by atoms with Crippen LogP contribution in [-0.4, -0.2) is 47.6 Å². The number of ether oxygens (including phenoxy) is 2. The van der Waals surface area contributed by atoms with Gasteiger partial charge >= 0.3 is 0 Å². The summed E-state index contributed by atoms with van der Waals surface area (Å²) in [4.78, 5) is 13.9. The van der Waals surface area contributed by atoms with Gasteiger partial charge in [-0.05, 0) is 12.1 Å². The summed E-state index contributed by atoms with van der Waals surface area (Å²) < 4.78 is 19.2. The molecule has 22 heavy (non-hydrogen) atoms. The number of hydrogen-bond donors (Lipinski definition) is 1. The van der Waals surface area contributed by atoms with Crippen LogP contribution in [0.1, 0.15) is 0 Å². The lowest BCUT2D eigenvalue weighted by Crippen LogP contribution is -2.36. The Morgan fingerprint density at radius 1 is 1.27 bits per heavy atom. The Labute approximate surface area is 132 Å². The number of aromatic nitrogens is 2. The first-order chi connectivity index (χ1) is 10.8. The number of nitrogens with zero attached hydrogens (tertiary/aromatic N) is 3. The Balaban J connectivity index is 1.55. The maximum Gasteiger partial charge on any atom is 0.271 e. The summed E-state index contributed by atoms with van der Waals surface area (Å²) in [5, 5.41) is 2.76. The number of morpholine rings is 1. The highest BCUT2D eigenvalue weighted by molar-refractivity contribution is 6.99. The highest BCUT2D eigenvalue weighted by Crippen LogP contribution is 2.26. The summed E-state index contributed by atoms with van der Waals surface area (Å²) >= 11 is 1.08. The van der Waals surface area contributed by atoms with Crippen molar-refractivity contribution in [3.63, 3.8) is 0 Å². The highest BCUT2D eigenvalue weighted by Gasteiger charge is 2.20. The zero-order chi connectivity index (χ0) is 15.2. The third-order valence-corrected chi connectivity index (χ3v) is 3.65. The predicted octanol–water partition coefficient (Wildman–Crippen LogP) is 1.39. The van der Waals surface area contributed by atoms with Crippen molar-refractivity contribution in [1.29, 1.82) is 0 Å². The van der Waals surface area contributed by atoms with Crippen molar-refractivity contribution < 1.29 is 14.3 Å². The lowest BCUT2D eigenvalue weighted by molar-refractivity contribution is -0.118. The number of hydrogen-bond acceptors (Lipinski definition) is 7. The van der Waals surface area contributed by atoms with Gasteiger partial charge in [0.15, 0.2) is 6.61 Å². The number of para-hydroxylation sites is 1. The number of rotatable bonds is 5. The Morgan fingerprint density at radius 2 is 2.05 bits per heavy atom. The van der Waals surface area contributed by atoms with Gasteiger partial charge < -0.3 is 19.7 Å². The van der Waals surface area contributed by atoms with Gasteiger partial charge in [-0.1, -0.05) is 18.2 Å². The van der Waals surface area contributed by atoms with Gasteiger partial charge in [-0.15, -0.1) is 4.37 Å². The standard InChI is InChI=1S/C14H16N4O3S/c19-12(15-11-4-2-1-3-5-11)10-21-14-13(16-22-17-14)18-6-8-20-9-7-18/h1-5H,6-10H2,(H,15,19). The second kappa shape index (κ2) is 7.19. The van der Waals surface area contributed by atoms with Crippen LogP contribution in [0.4, 0.5) is 11.5 Å². The van der Waals surface area contributed by atoms with Gasteiger partial charge in [0, 0.05) is 18.8 Å². The number of amides is 1. The van der Waals surface area contributed by atoms with E-state index in [1.54, 1.807) is 0 Å². The molecule has 1 aliphatic heterocycles. The van der Waals surface area contributed by atoms with Crippen LogP contribution in [0.2, 0.25) is 0 Å². The molecule has 1 aromatic carbocycles. The van der Waals surface area contributed by atoms with Crippen molar-refractivity contribution in [3.05, 3.63) is 30.3 Å². The molecule has 116 valence electrons. The normalized spacial score (nSPS) is 14.6. The molecule has 0 atom stereocenters. The van der Waals surface area contributed by atoms with Gasteiger partial charge in [-0.25, -0.2) is 0 Å². The van der Waals surface area contributed by atoms with E-state index in [1.807, 2.05) is 30.3 Å². The summed E-state index contributed by atoms with van der Waals surface area (Å²) in [5.74, 6) is 0.850. The molecule has 1 N–H and O–H groups in total. The summed E-state index contributed by atoms with van der Waals surface area (Å²) in [6.45, 7) is 2.71. The van der Waals surface area contributed by atoms with Crippen molar-refractivity contribution in [3.8, 4) is 5.88 Å². The van der Waals surface area contributed by atoms with Crippen molar-refractivity contribution in [2.24, 2.45) is 0 Å². The van der Waals surface area contributed by atoms with E-state index in [9.17, 15) is 4.79 Å². The van der Waals surface area contributed by atoms with Gasteiger partial charge in [0.05, 0.1) is 24.9 Å². The molecule has 1 aliphatic rings. The first kappa shape index (κ1) is 14.7. The topological polar surface area (TPSA) is 76.6 Å². The monoisotopic (exact) mass is 320 g/mol. The minimum Gasteiger partial charge on any atom is -0.464 e. The first-order valence-corrected chi connectivity index (χ1v) is 7.69. The molecule has 0 bridgehead atoms. The second-order valence-electron chi connectivity index (χ2n) is 4.70. The molecule has 7 nitrogen and oxygen atoms in total. The van der Waals surface area contributed by atoms with Gasteiger partial charge in [-0.3, -0.25) is 4.79 Å². The Bertz CT molecular complexity index is 614. The molecule has 0 unspecified atom stereocenters. The minimum atomic E-state index is -0.230. The first-order valence-electron chi connectivity index (χ1n) is 6.96. The van der Waals surface area contributed by atoms with Gasteiger partial charge in [0.2, 0.25) is 5.82 Å². The minimum absolute atomic E-state index is 0.0996. The van der Waals surface area contributed by atoms with E-state index < -0.39 is 0 Å². The fourth-order valence-corrected chi connectivity index (χ4v) is 2.61. The van der Waals surface area contributed by atoms with Crippen molar-refractivity contribution >= 4 is 29.1 Å². The number of carbonyl (C=O) groups excluding carboxylic acids is 1. The maximum absolute atomic E-state index is 11.9. The molecule has 2 aromatic rings. The maximum atomic E-state index is 11.9. The van der Waals surface area contributed by atoms with E-state index in [-0.39, 0.29) is 12.5 Å². The quantitative estimate of drug-likeness (QED) is 0.897. The molecule has 0 spiro atoms. The molecular weight excluding hydrogens is 304 g/mol. The van der Waals surface area contributed by atoms with Crippen LogP contribution >= 0.6 is 11.7 Å². The van der Waals surface area contributed by atoms with Crippen LogP contribution < -0.4 is 15.0 Å². The molecule has 3 rings (SSSR count). The summed E-state index contributed by atoms with van der Waals surface area (Å²) in [7, 11) is 0. The largest absolute Gasteiger partial charge is 0.464 e. The lowest BCUT2D eigenvalue weighted by atomic mass is 10.3. The van der Waals surface area contributed by atoms with E-state index in [0.717, 1.165) is 30.5 Å². The molecule has 0 saturated carbocycles. The third kappa shape index (κ3) is 3.71. The summed E-state index contributed by atoms with van der Waals surface area (Å²) in [6, 6.07) is 9.25. The predicted molar refractivity (Wildman–Crippen MR) is 83.5 cm³/mol. The molecule has 1 aromatic heterocycles. The van der Waals surface area contributed by atoms with E-state index in [0.29, 0.717) is 24.9 Å². The number of benzene rings is 1. The van der Waals surface area contributed by atoms with Gasteiger partial charge in [0.25, 0.3) is 11.8 Å². The Morgan fingerprint density at radius 3 is 2.82 bits per heavy atom. The number of anilines is 2. The van der Waals surface area contributed by atoms with Crippen molar-refractivity contribution in [2.45, 2.75) is 0 Å². The van der Waals surface area contributed by atoms with Crippen molar-refractivity contribution in [1.82, 2.24) is 8.75 Å². The molecule has 2 heterocycles. The summed E-state index contributed by atoms with van der Waals surface area (Å²) in [5.41, 5.74) is 0.737. The molecular formula is C14H16N4O3S. The average Bonchev–Trinajstić information content (AvgIpc) is 3.03. The van der Waals surface area contributed by atoms with E-state index in [4.69, 9.17) is 9.47 Å². The molecule has 8 heteroatoms. The zero-order valence-corrected chi connectivity index (χ0v) is 12.7. The molecule has 1 amide bonds. The Kier molecular flexibility index (Phi) is 4.81. The zero-order valence-electron chi connectivity index (χ0n) is 11.9. The molecule has 0 aliphatic carbocycles. The fraction of sp³-hybridized carbons (Fsp3) is 0.357. The van der Waals surface area contributed by atoms with Crippen molar-refractivity contribution in [2.75, 3.05) is 43.1 Å². The number of carbonyl (C=O) groups is 1. The van der Waals surface area contributed by atoms with E-state index in [1.165, 1.54) is 0 Å². The smallest absolute Gasteiger partial charge is 0.271 e. The van der Waals surface area contributed by atoms with E-state index >= 15 is 0 Å². The Hall–Kier alpha value is -2.19. The fourth-order valence-electron chi connectivity index (χ4n) is 2.09. The molecule has 1 fully saturated rings. The second-order valence-corrected chi connectivity index (χ2v) is 5.22. The third-order valence-electron chi connectivity index (χ3n) is 3.15. The molecule has 1 saturated heterocycles. The lowest BCUT2D eigenvalue weighted by Gasteiger charge is -2.26. The summed E-state index contributed by atoms with van der Waals surface area (Å²) in [6.07, 6.45) is 0. The van der Waals surface area contributed by atoms with E-state index in [2.05, 4.69) is 19.0 Å². The SMILES string of the molecule is O=C(COc1nsnc1N1CCOCC1)Nc1ccccc1. The highest BCUT2D eigenvalue weighted by atomic mass is 32.1. The average molecular weight is 320 g/mol. The van der Waals surface area contributed by atoms with Crippen LogP contribution in [0.3, 0.4) is 0 Å². The van der Waals surface area contributed by atoms with Gasteiger partial charge in [-0.2, -0.15) is 4.37 Å². The van der Waals surface area contributed by atoms with Crippen LogP contribution in [0.25, 0.3) is 0 Å². The van der Waals surface area contributed by atoms with Crippen LogP contribution in [0, 0.1) is 0 Å². The molecule has 0 radical (unpaired) electrons. The van der Waals surface area contributed by atoms with Crippen LogP contribution in [0.15, 0.2) is 30.3 Å². The van der Waals surface area contributed by atoms with Gasteiger partial charge in [0.1, 0.15) is 0 Å². The van der Waals surface area contributed by atoms with Crippen LogP contribution in [-0.2, 0) is 9.53 Å². The van der Waals surface area contributed by atoms with Crippen LogP contribution in [0.5, 0.6) is 5.88 Å². The number of nitrogens with one attached hydrogen (secondary N) is 1.